The molecule has 5 nitrogen and oxygen atoms in total. The maximum absolute atomic E-state index is 7.26. The molecule has 0 aromatic carbocycles. The first kappa shape index (κ1) is 12.3. The Balaban J connectivity index is 2.71. The third-order valence-corrected chi connectivity index (χ3v) is 2.49. The Morgan fingerprint density at radius 2 is 2.31 bits per heavy atom. The highest BCUT2D eigenvalue weighted by Crippen LogP contribution is 2.16. The van der Waals surface area contributed by atoms with Gasteiger partial charge in [0.2, 0.25) is 0 Å². The number of pyridine rings is 1. The van der Waals surface area contributed by atoms with Crippen LogP contribution in [0.5, 0.6) is 5.75 Å². The average Bonchev–Trinajstić information content (AvgIpc) is 2.27. The third-order valence-electron chi connectivity index (χ3n) is 2.49. The first-order valence-electron chi connectivity index (χ1n) is 5.10. The Kier molecular flexibility index (Phi) is 4.10. The summed E-state index contributed by atoms with van der Waals surface area (Å²) in [4.78, 5) is 6.25. The van der Waals surface area contributed by atoms with Crippen molar-refractivity contribution in [3.05, 3.63) is 18.3 Å². The first-order chi connectivity index (χ1) is 7.54. The lowest BCUT2D eigenvalue weighted by molar-refractivity contribution is 0.413. The number of aromatic nitrogens is 1. The van der Waals surface area contributed by atoms with Gasteiger partial charge < -0.3 is 15.4 Å². The molecule has 3 N–H and O–H groups in total. The molecule has 0 aliphatic heterocycles. The van der Waals surface area contributed by atoms with Crippen LogP contribution < -0.4 is 15.4 Å². The molecule has 1 atom stereocenters. The number of amidine groups is 1. The van der Waals surface area contributed by atoms with Crippen molar-refractivity contribution in [1.82, 2.24) is 4.98 Å². The van der Waals surface area contributed by atoms with E-state index in [1.54, 1.807) is 13.3 Å². The van der Waals surface area contributed by atoms with Crippen LogP contribution in [-0.4, -0.2) is 31.0 Å². The quantitative estimate of drug-likeness (QED) is 0.580. The van der Waals surface area contributed by atoms with E-state index in [1.807, 2.05) is 31.0 Å². The molecule has 0 aliphatic carbocycles. The molecule has 0 aliphatic rings. The van der Waals surface area contributed by atoms with Gasteiger partial charge >= 0.3 is 0 Å². The van der Waals surface area contributed by atoms with Gasteiger partial charge in [0.15, 0.2) is 0 Å². The van der Waals surface area contributed by atoms with E-state index >= 15 is 0 Å². The highest BCUT2D eigenvalue weighted by molar-refractivity contribution is 5.77. The van der Waals surface area contributed by atoms with Gasteiger partial charge in [-0.15, -0.1) is 0 Å². The number of ether oxygens (including phenoxy) is 1. The zero-order valence-electron chi connectivity index (χ0n) is 9.90. The van der Waals surface area contributed by atoms with Crippen molar-refractivity contribution >= 4 is 11.7 Å². The summed E-state index contributed by atoms with van der Waals surface area (Å²) in [5, 5.41) is 7.26. The molecule has 16 heavy (non-hydrogen) atoms. The van der Waals surface area contributed by atoms with Crippen molar-refractivity contribution in [2.75, 3.05) is 19.1 Å². The van der Waals surface area contributed by atoms with E-state index in [1.165, 1.54) is 0 Å². The lowest BCUT2D eigenvalue weighted by Gasteiger charge is -2.25. The number of anilines is 1. The maximum atomic E-state index is 7.26. The lowest BCUT2D eigenvalue weighted by Crippen LogP contribution is -2.33. The van der Waals surface area contributed by atoms with Crippen LogP contribution in [0, 0.1) is 5.41 Å². The molecule has 1 heterocycles. The molecule has 1 rings (SSSR count). The monoisotopic (exact) mass is 222 g/mol. The fourth-order valence-corrected chi connectivity index (χ4v) is 1.38. The molecule has 0 radical (unpaired) electrons. The molecular weight excluding hydrogens is 204 g/mol. The topological polar surface area (TPSA) is 75.2 Å². The Morgan fingerprint density at radius 3 is 2.75 bits per heavy atom. The Labute approximate surface area is 95.7 Å². The van der Waals surface area contributed by atoms with Crippen molar-refractivity contribution in [3.8, 4) is 5.75 Å². The molecule has 0 saturated carbocycles. The van der Waals surface area contributed by atoms with E-state index in [0.29, 0.717) is 6.42 Å². The summed E-state index contributed by atoms with van der Waals surface area (Å²) >= 11 is 0. The van der Waals surface area contributed by atoms with E-state index in [0.717, 1.165) is 11.6 Å². The number of nitrogens with one attached hydrogen (secondary N) is 1. The van der Waals surface area contributed by atoms with Crippen LogP contribution in [0.25, 0.3) is 0 Å². The molecule has 1 unspecified atom stereocenters. The molecule has 0 saturated heterocycles. The van der Waals surface area contributed by atoms with Gasteiger partial charge in [-0.25, -0.2) is 4.98 Å². The standard InChI is InChI=1S/C11H18N4O/c1-8(6-10(12)13)15(2)11-5-4-9(16-3)7-14-11/h4-5,7-8H,6H2,1-3H3,(H3,12,13). The summed E-state index contributed by atoms with van der Waals surface area (Å²) in [6, 6.07) is 3.90. The van der Waals surface area contributed by atoms with Crippen LogP contribution in [0.1, 0.15) is 13.3 Å². The summed E-state index contributed by atoms with van der Waals surface area (Å²) in [6.45, 7) is 2.01. The van der Waals surface area contributed by atoms with Crippen LogP contribution in [0.15, 0.2) is 18.3 Å². The number of methoxy groups -OCH3 is 1. The summed E-state index contributed by atoms with van der Waals surface area (Å²) < 4.78 is 5.04. The molecular formula is C11H18N4O. The van der Waals surface area contributed by atoms with Crippen molar-refractivity contribution in [2.45, 2.75) is 19.4 Å². The van der Waals surface area contributed by atoms with Crippen LogP contribution in [0.2, 0.25) is 0 Å². The zero-order valence-corrected chi connectivity index (χ0v) is 9.90. The van der Waals surface area contributed by atoms with Gasteiger partial charge in [-0.2, -0.15) is 0 Å². The minimum absolute atomic E-state index is 0.151. The smallest absolute Gasteiger partial charge is 0.137 e. The second-order valence-electron chi connectivity index (χ2n) is 3.75. The van der Waals surface area contributed by atoms with Gasteiger partial charge in [0.05, 0.1) is 19.1 Å². The van der Waals surface area contributed by atoms with Crippen LogP contribution >= 0.6 is 0 Å². The lowest BCUT2D eigenvalue weighted by atomic mass is 10.2. The van der Waals surface area contributed by atoms with E-state index in [2.05, 4.69) is 4.98 Å². The van der Waals surface area contributed by atoms with E-state index < -0.39 is 0 Å². The normalized spacial score (nSPS) is 11.9. The van der Waals surface area contributed by atoms with Crippen molar-refractivity contribution in [2.24, 2.45) is 5.73 Å². The molecule has 0 fully saturated rings. The summed E-state index contributed by atoms with van der Waals surface area (Å²) in [7, 11) is 3.54. The van der Waals surface area contributed by atoms with Gasteiger partial charge in [0.1, 0.15) is 11.6 Å². The van der Waals surface area contributed by atoms with Crippen LogP contribution in [0.3, 0.4) is 0 Å². The van der Waals surface area contributed by atoms with Crippen LogP contribution in [0.4, 0.5) is 5.82 Å². The fourth-order valence-electron chi connectivity index (χ4n) is 1.38. The predicted octanol–water partition coefficient (Wildman–Crippen LogP) is 1.24. The molecule has 0 bridgehead atoms. The van der Waals surface area contributed by atoms with Gasteiger partial charge in [0.25, 0.3) is 0 Å². The molecule has 88 valence electrons. The molecule has 0 spiro atoms. The SMILES string of the molecule is COc1ccc(N(C)C(C)CC(=N)N)nc1. The molecule has 1 aromatic heterocycles. The number of nitrogens with two attached hydrogens (primary N) is 1. The maximum Gasteiger partial charge on any atom is 0.137 e. The number of hydrogen-bond acceptors (Lipinski definition) is 4. The van der Waals surface area contributed by atoms with Gasteiger partial charge in [-0.3, -0.25) is 5.41 Å². The minimum Gasteiger partial charge on any atom is -0.495 e. The second-order valence-corrected chi connectivity index (χ2v) is 3.75. The van der Waals surface area contributed by atoms with Crippen LogP contribution in [-0.2, 0) is 0 Å². The second kappa shape index (κ2) is 5.34. The Hall–Kier alpha value is -1.78. The van der Waals surface area contributed by atoms with Crippen molar-refractivity contribution < 1.29 is 4.74 Å². The molecule has 1 aromatic rings. The number of rotatable bonds is 5. The Bertz CT molecular complexity index is 350. The zero-order chi connectivity index (χ0) is 12.1. The largest absolute Gasteiger partial charge is 0.495 e. The van der Waals surface area contributed by atoms with E-state index in [4.69, 9.17) is 15.9 Å². The predicted molar refractivity (Wildman–Crippen MR) is 65.2 cm³/mol. The summed E-state index contributed by atoms with van der Waals surface area (Å²) in [6.07, 6.45) is 2.20. The van der Waals surface area contributed by atoms with Crippen molar-refractivity contribution in [1.29, 1.82) is 5.41 Å². The van der Waals surface area contributed by atoms with Crippen molar-refractivity contribution in [3.63, 3.8) is 0 Å². The highest BCUT2D eigenvalue weighted by atomic mass is 16.5. The highest BCUT2D eigenvalue weighted by Gasteiger charge is 2.12. The number of nitrogens with zero attached hydrogens (tertiary/aromatic N) is 2. The average molecular weight is 222 g/mol. The molecule has 0 amide bonds. The fraction of sp³-hybridized carbons (Fsp3) is 0.455. The molecule has 5 heteroatoms. The number of hydrogen-bond donors (Lipinski definition) is 2. The Morgan fingerprint density at radius 1 is 1.62 bits per heavy atom. The first-order valence-corrected chi connectivity index (χ1v) is 5.10. The van der Waals surface area contributed by atoms with E-state index in [9.17, 15) is 0 Å². The van der Waals surface area contributed by atoms with Gasteiger partial charge in [-0.1, -0.05) is 0 Å². The summed E-state index contributed by atoms with van der Waals surface area (Å²) in [5.74, 6) is 1.76. The van der Waals surface area contributed by atoms with E-state index in [-0.39, 0.29) is 11.9 Å². The minimum atomic E-state index is 0.151. The summed E-state index contributed by atoms with van der Waals surface area (Å²) in [5.41, 5.74) is 5.37. The van der Waals surface area contributed by atoms with Gasteiger partial charge in [0, 0.05) is 19.5 Å². The third kappa shape index (κ3) is 3.12. The van der Waals surface area contributed by atoms with Gasteiger partial charge in [-0.05, 0) is 19.1 Å².